The maximum absolute atomic E-state index is 9.06. The van der Waals surface area contributed by atoms with Gasteiger partial charge in [-0.2, -0.15) is 5.26 Å². The summed E-state index contributed by atoms with van der Waals surface area (Å²) < 4.78 is 5.80. The molecule has 0 amide bonds. The predicted octanol–water partition coefficient (Wildman–Crippen LogP) is 1.90. The van der Waals surface area contributed by atoms with Crippen LogP contribution in [0.2, 0.25) is 0 Å². The molecule has 0 radical (unpaired) electrons. The van der Waals surface area contributed by atoms with E-state index in [4.69, 9.17) is 15.7 Å². The van der Waals surface area contributed by atoms with Crippen LogP contribution in [0.15, 0.2) is 18.2 Å². The normalized spacial score (nSPS) is 26.7. The smallest absolute Gasteiger partial charge is 0.101 e. The van der Waals surface area contributed by atoms with Crippen molar-refractivity contribution < 1.29 is 4.74 Å². The molecule has 2 unspecified atom stereocenters. The molecule has 1 saturated carbocycles. The second kappa shape index (κ2) is 4.51. The first-order valence-electron chi connectivity index (χ1n) is 6.48. The summed E-state index contributed by atoms with van der Waals surface area (Å²) in [5.74, 6) is 0. The van der Waals surface area contributed by atoms with Crippen LogP contribution in [-0.2, 0) is 4.74 Å². The molecule has 3 rings (SSSR count). The summed E-state index contributed by atoms with van der Waals surface area (Å²) in [7, 11) is 0. The number of hydrogen-bond acceptors (Lipinski definition) is 4. The number of benzene rings is 1. The standard InChI is InChI=1S/C14H17N3O/c15-9-10-3-1-5-12(14(10)16)17-7-8-18-13-6-2-4-11(13)17/h1,3,5,11,13H,2,4,6-8,16H2. The molecule has 18 heavy (non-hydrogen) atoms. The fourth-order valence-electron chi connectivity index (χ4n) is 3.13. The van der Waals surface area contributed by atoms with Crippen molar-refractivity contribution in [3.8, 4) is 6.07 Å². The molecule has 1 heterocycles. The van der Waals surface area contributed by atoms with Gasteiger partial charge in [-0.15, -0.1) is 0 Å². The number of anilines is 2. The van der Waals surface area contributed by atoms with E-state index in [9.17, 15) is 0 Å². The first kappa shape index (κ1) is 11.4. The van der Waals surface area contributed by atoms with Gasteiger partial charge < -0.3 is 15.4 Å². The van der Waals surface area contributed by atoms with Gasteiger partial charge in [0.05, 0.1) is 35.7 Å². The molecule has 2 N–H and O–H groups in total. The molecule has 0 spiro atoms. The van der Waals surface area contributed by atoms with Crippen LogP contribution in [0.25, 0.3) is 0 Å². The second-order valence-electron chi connectivity index (χ2n) is 4.95. The van der Waals surface area contributed by atoms with E-state index in [-0.39, 0.29) is 0 Å². The summed E-state index contributed by atoms with van der Waals surface area (Å²) in [6, 6.07) is 8.26. The molecule has 0 bridgehead atoms. The Labute approximate surface area is 107 Å². The molecule has 2 aliphatic rings. The minimum atomic E-state index is 0.337. The third-order valence-electron chi connectivity index (χ3n) is 4.00. The van der Waals surface area contributed by atoms with Gasteiger partial charge in [-0.1, -0.05) is 6.07 Å². The predicted molar refractivity (Wildman–Crippen MR) is 70.3 cm³/mol. The Balaban J connectivity index is 1.97. The van der Waals surface area contributed by atoms with Gasteiger partial charge >= 0.3 is 0 Å². The topological polar surface area (TPSA) is 62.3 Å². The number of nitriles is 1. The van der Waals surface area contributed by atoms with Crippen molar-refractivity contribution in [2.75, 3.05) is 23.8 Å². The summed E-state index contributed by atoms with van der Waals surface area (Å²) in [6.07, 6.45) is 3.84. The monoisotopic (exact) mass is 243 g/mol. The number of para-hydroxylation sites is 1. The van der Waals surface area contributed by atoms with E-state index in [0.717, 1.165) is 31.7 Å². The molecule has 0 aromatic heterocycles. The van der Waals surface area contributed by atoms with Crippen molar-refractivity contribution in [2.24, 2.45) is 0 Å². The van der Waals surface area contributed by atoms with E-state index >= 15 is 0 Å². The van der Waals surface area contributed by atoms with Crippen molar-refractivity contribution >= 4 is 11.4 Å². The van der Waals surface area contributed by atoms with Gasteiger partial charge in [0.25, 0.3) is 0 Å². The van der Waals surface area contributed by atoms with Crippen LogP contribution in [0.1, 0.15) is 24.8 Å². The molecule has 1 aromatic carbocycles. The van der Waals surface area contributed by atoms with Gasteiger partial charge in [0.15, 0.2) is 0 Å². The van der Waals surface area contributed by atoms with E-state index in [1.165, 1.54) is 6.42 Å². The van der Waals surface area contributed by atoms with Gasteiger partial charge in [-0.05, 0) is 31.4 Å². The van der Waals surface area contributed by atoms with Crippen LogP contribution in [0.5, 0.6) is 0 Å². The zero-order valence-corrected chi connectivity index (χ0v) is 10.3. The molecule has 1 saturated heterocycles. The average Bonchev–Trinajstić information content (AvgIpc) is 2.87. The van der Waals surface area contributed by atoms with Gasteiger partial charge in [0, 0.05) is 6.54 Å². The Bertz CT molecular complexity index is 494. The first-order valence-corrected chi connectivity index (χ1v) is 6.48. The average molecular weight is 243 g/mol. The molecule has 4 heteroatoms. The molecular formula is C14H17N3O. The fourth-order valence-corrected chi connectivity index (χ4v) is 3.13. The number of ether oxygens (including phenoxy) is 1. The maximum Gasteiger partial charge on any atom is 0.101 e. The Morgan fingerprint density at radius 2 is 2.28 bits per heavy atom. The number of rotatable bonds is 1. The quantitative estimate of drug-likeness (QED) is 0.765. The highest BCUT2D eigenvalue weighted by molar-refractivity contribution is 5.74. The van der Waals surface area contributed by atoms with Crippen molar-refractivity contribution in [1.29, 1.82) is 5.26 Å². The fraction of sp³-hybridized carbons (Fsp3) is 0.500. The highest BCUT2D eigenvalue weighted by atomic mass is 16.5. The SMILES string of the molecule is N#Cc1cccc(N2CCOC3CCCC32)c1N. The second-order valence-corrected chi connectivity index (χ2v) is 4.95. The summed E-state index contributed by atoms with van der Waals surface area (Å²) >= 11 is 0. The molecule has 2 fully saturated rings. The van der Waals surface area contributed by atoms with E-state index < -0.39 is 0 Å². The minimum Gasteiger partial charge on any atom is -0.396 e. The van der Waals surface area contributed by atoms with Crippen LogP contribution < -0.4 is 10.6 Å². The Hall–Kier alpha value is -1.73. The lowest BCUT2D eigenvalue weighted by molar-refractivity contribution is 0.0257. The molecular weight excluding hydrogens is 226 g/mol. The van der Waals surface area contributed by atoms with E-state index in [1.54, 1.807) is 6.07 Å². The Kier molecular flexibility index (Phi) is 2.85. The lowest BCUT2D eigenvalue weighted by Crippen LogP contribution is -2.48. The minimum absolute atomic E-state index is 0.337. The Morgan fingerprint density at radius 1 is 1.39 bits per heavy atom. The van der Waals surface area contributed by atoms with Crippen LogP contribution in [-0.4, -0.2) is 25.3 Å². The highest BCUT2D eigenvalue weighted by Crippen LogP contribution is 2.36. The van der Waals surface area contributed by atoms with E-state index in [0.29, 0.717) is 23.4 Å². The summed E-state index contributed by atoms with van der Waals surface area (Å²) in [5, 5.41) is 9.06. The van der Waals surface area contributed by atoms with Crippen molar-refractivity contribution in [2.45, 2.75) is 31.4 Å². The largest absolute Gasteiger partial charge is 0.396 e. The lowest BCUT2D eigenvalue weighted by atomic mass is 10.1. The van der Waals surface area contributed by atoms with Crippen LogP contribution in [0.4, 0.5) is 11.4 Å². The molecule has 4 nitrogen and oxygen atoms in total. The van der Waals surface area contributed by atoms with E-state index in [2.05, 4.69) is 11.0 Å². The van der Waals surface area contributed by atoms with Crippen molar-refractivity contribution in [1.82, 2.24) is 0 Å². The van der Waals surface area contributed by atoms with Gasteiger partial charge in [-0.25, -0.2) is 0 Å². The molecule has 94 valence electrons. The number of hydrogen-bond donors (Lipinski definition) is 1. The van der Waals surface area contributed by atoms with Crippen LogP contribution in [0.3, 0.4) is 0 Å². The third-order valence-corrected chi connectivity index (χ3v) is 4.00. The van der Waals surface area contributed by atoms with Crippen molar-refractivity contribution in [3.63, 3.8) is 0 Å². The number of morpholine rings is 1. The highest BCUT2D eigenvalue weighted by Gasteiger charge is 2.36. The molecule has 1 aromatic rings. The van der Waals surface area contributed by atoms with Crippen LogP contribution in [0, 0.1) is 11.3 Å². The summed E-state index contributed by atoms with van der Waals surface area (Å²) in [5.41, 5.74) is 8.26. The zero-order valence-electron chi connectivity index (χ0n) is 10.3. The molecule has 2 atom stereocenters. The number of nitrogen functional groups attached to an aromatic ring is 1. The first-order chi connectivity index (χ1) is 8.81. The maximum atomic E-state index is 9.06. The zero-order chi connectivity index (χ0) is 12.5. The lowest BCUT2D eigenvalue weighted by Gasteiger charge is -2.40. The number of nitrogens with two attached hydrogens (primary N) is 1. The summed E-state index contributed by atoms with van der Waals surface area (Å²) in [4.78, 5) is 2.33. The Morgan fingerprint density at radius 3 is 3.11 bits per heavy atom. The molecule has 1 aliphatic carbocycles. The van der Waals surface area contributed by atoms with E-state index in [1.807, 2.05) is 12.1 Å². The number of fused-ring (bicyclic) bond motifs is 1. The molecule has 1 aliphatic heterocycles. The van der Waals surface area contributed by atoms with Gasteiger partial charge in [0.1, 0.15) is 6.07 Å². The van der Waals surface area contributed by atoms with Gasteiger partial charge in [-0.3, -0.25) is 0 Å². The van der Waals surface area contributed by atoms with Crippen LogP contribution >= 0.6 is 0 Å². The summed E-state index contributed by atoms with van der Waals surface area (Å²) in [6.45, 7) is 1.61. The third kappa shape index (κ3) is 1.72. The van der Waals surface area contributed by atoms with Gasteiger partial charge in [0.2, 0.25) is 0 Å². The van der Waals surface area contributed by atoms with Crippen molar-refractivity contribution in [3.05, 3.63) is 23.8 Å². The number of nitrogens with zero attached hydrogens (tertiary/aromatic N) is 2.